The minimum Gasteiger partial charge on any atom is -0.361 e. The Bertz CT molecular complexity index is 177. The third-order valence-corrected chi connectivity index (χ3v) is 3.72. The van der Waals surface area contributed by atoms with E-state index in [1.807, 2.05) is 6.34 Å². The highest BCUT2D eigenvalue weighted by Crippen LogP contribution is 2.07. The number of hydrogen-bond acceptors (Lipinski definition) is 3. The van der Waals surface area contributed by atoms with Gasteiger partial charge in [-0.3, -0.25) is 4.99 Å². The van der Waals surface area contributed by atoms with Crippen LogP contribution in [-0.2, 0) is 4.74 Å². The van der Waals surface area contributed by atoms with Gasteiger partial charge in [0.1, 0.15) is 6.73 Å². The zero-order chi connectivity index (χ0) is 9.73. The fraction of sp³-hybridized carbons (Fsp3) is 0.889. The fourth-order valence-corrected chi connectivity index (χ4v) is 1.83. The second kappa shape index (κ2) is 4.76. The Morgan fingerprint density at radius 2 is 2.23 bits per heavy atom. The molecule has 1 aliphatic heterocycles. The van der Waals surface area contributed by atoms with Crippen LogP contribution < -0.4 is 0 Å². The Morgan fingerprint density at radius 3 is 2.77 bits per heavy atom. The van der Waals surface area contributed by atoms with Crippen LogP contribution in [0.4, 0.5) is 0 Å². The van der Waals surface area contributed by atoms with Crippen molar-refractivity contribution in [2.45, 2.75) is 25.7 Å². The number of aliphatic imine (C=N–C) groups is 1. The molecular weight excluding hydrogens is 180 g/mol. The van der Waals surface area contributed by atoms with Crippen molar-refractivity contribution in [2.75, 3.05) is 26.4 Å². The molecule has 0 spiro atoms. The van der Waals surface area contributed by atoms with Crippen LogP contribution >= 0.6 is 0 Å². The minimum atomic E-state index is -0.911. The molecule has 1 heterocycles. The van der Waals surface area contributed by atoms with E-state index in [0.717, 1.165) is 19.7 Å². The molecular formula is C9H20N2OSi. The van der Waals surface area contributed by atoms with Crippen LogP contribution in [0.15, 0.2) is 4.99 Å². The van der Waals surface area contributed by atoms with Gasteiger partial charge in [0.15, 0.2) is 0 Å². The second-order valence-corrected chi connectivity index (χ2v) is 10.3. The maximum Gasteiger partial charge on any atom is 0.119 e. The lowest BCUT2D eigenvalue weighted by molar-refractivity contribution is 0.0808. The summed E-state index contributed by atoms with van der Waals surface area (Å²) in [5.74, 6) is 0. The van der Waals surface area contributed by atoms with Gasteiger partial charge in [-0.2, -0.15) is 0 Å². The van der Waals surface area contributed by atoms with Crippen LogP contribution in [0.5, 0.6) is 0 Å². The van der Waals surface area contributed by atoms with E-state index in [1.54, 1.807) is 0 Å². The first kappa shape index (κ1) is 10.7. The Morgan fingerprint density at radius 1 is 1.46 bits per heavy atom. The van der Waals surface area contributed by atoms with Crippen molar-refractivity contribution in [3.8, 4) is 0 Å². The number of rotatable bonds is 5. The van der Waals surface area contributed by atoms with E-state index < -0.39 is 8.07 Å². The first-order chi connectivity index (χ1) is 6.08. The molecule has 4 heteroatoms. The average molecular weight is 200 g/mol. The zero-order valence-corrected chi connectivity index (χ0v) is 9.92. The second-order valence-electron chi connectivity index (χ2n) is 4.68. The molecule has 0 fully saturated rings. The van der Waals surface area contributed by atoms with Crippen molar-refractivity contribution in [1.29, 1.82) is 0 Å². The van der Waals surface area contributed by atoms with Gasteiger partial charge >= 0.3 is 0 Å². The summed E-state index contributed by atoms with van der Waals surface area (Å²) < 4.78 is 5.56. The summed E-state index contributed by atoms with van der Waals surface area (Å²) in [4.78, 5) is 6.24. The normalized spacial score (nSPS) is 17.0. The maximum atomic E-state index is 5.56. The highest BCUT2D eigenvalue weighted by Gasteiger charge is 2.12. The monoisotopic (exact) mass is 200 g/mol. The molecule has 76 valence electrons. The number of nitrogens with zero attached hydrogens (tertiary/aromatic N) is 2. The maximum absolute atomic E-state index is 5.56. The van der Waals surface area contributed by atoms with Crippen LogP contribution in [0.1, 0.15) is 0 Å². The van der Waals surface area contributed by atoms with Crippen molar-refractivity contribution < 1.29 is 4.74 Å². The number of hydrogen-bond donors (Lipinski definition) is 0. The summed E-state index contributed by atoms with van der Waals surface area (Å²) in [6, 6.07) is 1.25. The van der Waals surface area contributed by atoms with Gasteiger partial charge < -0.3 is 9.64 Å². The highest BCUT2D eigenvalue weighted by atomic mass is 28.3. The summed E-state index contributed by atoms with van der Waals surface area (Å²) in [5, 5.41) is 0. The topological polar surface area (TPSA) is 24.8 Å². The molecule has 0 aliphatic carbocycles. The summed E-state index contributed by atoms with van der Waals surface area (Å²) in [6.45, 7) is 10.7. The molecule has 0 aromatic carbocycles. The summed E-state index contributed by atoms with van der Waals surface area (Å²) in [5.41, 5.74) is 0. The van der Waals surface area contributed by atoms with Gasteiger partial charge in [-0.1, -0.05) is 19.6 Å². The molecule has 1 rings (SSSR count). The Labute approximate surface area is 81.8 Å². The SMILES string of the molecule is C[Si](C)(C)CCOCN1C=NCC1. The summed E-state index contributed by atoms with van der Waals surface area (Å²) >= 11 is 0. The first-order valence-corrected chi connectivity index (χ1v) is 8.60. The number of ether oxygens (including phenoxy) is 1. The van der Waals surface area contributed by atoms with Crippen molar-refractivity contribution in [1.82, 2.24) is 4.90 Å². The van der Waals surface area contributed by atoms with Gasteiger partial charge in [0, 0.05) is 21.2 Å². The summed E-state index contributed by atoms with van der Waals surface area (Å²) in [6.07, 6.45) is 1.88. The molecule has 13 heavy (non-hydrogen) atoms. The third-order valence-electron chi connectivity index (χ3n) is 2.01. The Kier molecular flexibility index (Phi) is 3.93. The van der Waals surface area contributed by atoms with Gasteiger partial charge in [0.2, 0.25) is 0 Å². The third kappa shape index (κ3) is 5.05. The van der Waals surface area contributed by atoms with Gasteiger partial charge in [-0.25, -0.2) is 0 Å². The minimum absolute atomic E-state index is 0.716. The average Bonchev–Trinajstić information content (AvgIpc) is 2.48. The molecule has 0 radical (unpaired) electrons. The van der Waals surface area contributed by atoms with E-state index >= 15 is 0 Å². The van der Waals surface area contributed by atoms with Crippen molar-refractivity contribution in [3.63, 3.8) is 0 Å². The molecule has 0 bridgehead atoms. The lowest BCUT2D eigenvalue weighted by Gasteiger charge is -2.18. The lowest BCUT2D eigenvalue weighted by Crippen LogP contribution is -2.26. The highest BCUT2D eigenvalue weighted by molar-refractivity contribution is 6.76. The molecule has 0 aromatic rings. The smallest absolute Gasteiger partial charge is 0.119 e. The van der Waals surface area contributed by atoms with Crippen molar-refractivity contribution in [3.05, 3.63) is 0 Å². The van der Waals surface area contributed by atoms with Gasteiger partial charge in [0.25, 0.3) is 0 Å². The first-order valence-electron chi connectivity index (χ1n) is 4.90. The van der Waals surface area contributed by atoms with E-state index in [-0.39, 0.29) is 0 Å². The molecule has 0 N–H and O–H groups in total. The fourth-order valence-electron chi connectivity index (χ4n) is 1.08. The van der Waals surface area contributed by atoms with Crippen LogP contribution in [0.25, 0.3) is 0 Å². The molecule has 0 amide bonds. The molecule has 0 aromatic heterocycles. The largest absolute Gasteiger partial charge is 0.361 e. The molecule has 0 saturated heterocycles. The van der Waals surface area contributed by atoms with Gasteiger partial charge in [0.05, 0.1) is 12.9 Å². The van der Waals surface area contributed by atoms with Gasteiger partial charge in [-0.05, 0) is 6.04 Å². The van der Waals surface area contributed by atoms with E-state index in [9.17, 15) is 0 Å². The zero-order valence-electron chi connectivity index (χ0n) is 8.92. The van der Waals surface area contributed by atoms with Gasteiger partial charge in [-0.15, -0.1) is 0 Å². The lowest BCUT2D eigenvalue weighted by atomic mass is 10.6. The molecule has 0 unspecified atom stereocenters. The van der Waals surface area contributed by atoms with E-state index in [0.29, 0.717) is 6.73 Å². The van der Waals surface area contributed by atoms with E-state index in [2.05, 4.69) is 29.5 Å². The molecule has 1 aliphatic rings. The van der Waals surface area contributed by atoms with Crippen LogP contribution in [-0.4, -0.2) is 45.7 Å². The van der Waals surface area contributed by atoms with Crippen molar-refractivity contribution in [2.24, 2.45) is 4.99 Å². The summed E-state index contributed by atoms with van der Waals surface area (Å²) in [7, 11) is -0.911. The Hall–Kier alpha value is -0.353. The standard InChI is InChI=1S/C9H20N2OSi/c1-13(2,3)7-6-12-9-11-5-4-10-8-11/h8H,4-7,9H2,1-3H3. The van der Waals surface area contributed by atoms with E-state index in [1.165, 1.54) is 6.04 Å². The predicted molar refractivity (Wildman–Crippen MR) is 59.0 cm³/mol. The molecule has 0 saturated carbocycles. The Balaban J connectivity index is 1.98. The molecule has 0 atom stereocenters. The molecule has 3 nitrogen and oxygen atoms in total. The van der Waals surface area contributed by atoms with Crippen molar-refractivity contribution >= 4 is 14.4 Å². The van der Waals surface area contributed by atoms with E-state index in [4.69, 9.17) is 4.74 Å². The van der Waals surface area contributed by atoms with Crippen LogP contribution in [0, 0.1) is 0 Å². The predicted octanol–water partition coefficient (Wildman–Crippen LogP) is 1.64. The van der Waals surface area contributed by atoms with Crippen LogP contribution in [0.2, 0.25) is 25.7 Å². The van der Waals surface area contributed by atoms with Crippen LogP contribution in [0.3, 0.4) is 0 Å². The quantitative estimate of drug-likeness (QED) is 0.498.